The van der Waals surface area contributed by atoms with Crippen molar-refractivity contribution in [1.82, 2.24) is 24.9 Å². The predicted molar refractivity (Wildman–Crippen MR) is 116 cm³/mol. The van der Waals surface area contributed by atoms with Crippen LogP contribution in [0.25, 0.3) is 11.4 Å². The van der Waals surface area contributed by atoms with Crippen LogP contribution >= 0.6 is 0 Å². The molecular weight excluding hydrogens is 414 g/mol. The summed E-state index contributed by atoms with van der Waals surface area (Å²) in [5.74, 6) is -0.526. The molecule has 1 N–H and O–H groups in total. The molecule has 174 valence electrons. The minimum atomic E-state index is -0.763. The molecule has 0 radical (unpaired) electrons. The fraction of sp³-hybridized carbons (Fsp3) is 0.591. The maximum Gasteiger partial charge on any atom is 0.409 e. The molecule has 10 heteroatoms. The van der Waals surface area contributed by atoms with Crippen LogP contribution < -0.4 is 4.74 Å². The van der Waals surface area contributed by atoms with Crippen LogP contribution in [0.3, 0.4) is 0 Å². The van der Waals surface area contributed by atoms with Crippen molar-refractivity contribution in [2.75, 3.05) is 13.7 Å². The van der Waals surface area contributed by atoms with Crippen LogP contribution in [0.4, 0.5) is 4.79 Å². The average Bonchev–Trinajstić information content (AvgIpc) is 3.14. The second kappa shape index (κ2) is 10.9. The second-order valence-electron chi connectivity index (χ2n) is 8.15. The van der Waals surface area contributed by atoms with Crippen molar-refractivity contribution in [3.63, 3.8) is 0 Å². The summed E-state index contributed by atoms with van der Waals surface area (Å²) in [6.07, 6.45) is 5.75. The van der Waals surface area contributed by atoms with Gasteiger partial charge in [0, 0.05) is 14.1 Å². The van der Waals surface area contributed by atoms with Crippen LogP contribution in [0.2, 0.25) is 0 Å². The number of aryl methyl sites for hydroxylation is 1. The Kier molecular flexibility index (Phi) is 8.02. The van der Waals surface area contributed by atoms with E-state index in [4.69, 9.17) is 9.47 Å². The van der Waals surface area contributed by atoms with E-state index < -0.39 is 12.1 Å². The zero-order chi connectivity index (χ0) is 23.1. The number of carbonyl (C=O) groups is 2. The lowest BCUT2D eigenvalue weighted by atomic mass is 9.87. The first-order valence-electron chi connectivity index (χ1n) is 11.0. The summed E-state index contributed by atoms with van der Waals surface area (Å²) in [7, 11) is 3.44. The molecule has 3 rings (SSSR count). The van der Waals surface area contributed by atoms with E-state index in [0.29, 0.717) is 36.6 Å². The van der Waals surface area contributed by atoms with Gasteiger partial charge in [-0.15, -0.1) is 5.10 Å². The Hall–Kier alpha value is -3.17. The molecule has 1 amide bonds. The molecule has 0 bridgehead atoms. The number of aliphatic carboxylic acids is 1. The number of unbranched alkanes of at least 4 members (excludes halogenated alkanes) is 1. The molecule has 32 heavy (non-hydrogen) atoms. The molecule has 0 unspecified atom stereocenters. The predicted octanol–water partition coefficient (Wildman–Crippen LogP) is 3.27. The van der Waals surface area contributed by atoms with E-state index in [1.807, 2.05) is 6.92 Å². The highest BCUT2D eigenvalue weighted by Crippen LogP contribution is 2.29. The third kappa shape index (κ3) is 5.95. The molecule has 1 saturated carbocycles. The third-order valence-corrected chi connectivity index (χ3v) is 5.62. The first-order chi connectivity index (χ1) is 15.4. The number of carboxylic acids is 1. The fourth-order valence-corrected chi connectivity index (χ4v) is 3.72. The third-order valence-electron chi connectivity index (χ3n) is 5.62. The number of hydrogen-bond donors (Lipinski definition) is 1. The standard InChI is InChI=1S/C22H31N5O5/c1-4-5-11-31-22(30)26(2)14-19-20(24-25-27(19)3)18-10-9-17(13-23-18)32-16-8-6-7-15(12-16)21(28)29/h9-10,13,15-16H,4-8,11-12,14H2,1-3H3,(H,28,29)/t15-,16-/m0/s1. The van der Waals surface area contributed by atoms with Crippen LogP contribution in [0.1, 0.15) is 51.1 Å². The molecule has 0 aliphatic heterocycles. The van der Waals surface area contributed by atoms with Crippen molar-refractivity contribution in [3.8, 4) is 17.1 Å². The van der Waals surface area contributed by atoms with Crippen LogP contribution in [0.5, 0.6) is 5.75 Å². The molecule has 2 aromatic rings. The van der Waals surface area contributed by atoms with Gasteiger partial charge in [-0.05, 0) is 44.2 Å². The molecule has 10 nitrogen and oxygen atoms in total. The molecule has 1 fully saturated rings. The molecule has 1 aliphatic rings. The van der Waals surface area contributed by atoms with Gasteiger partial charge < -0.3 is 19.5 Å². The van der Waals surface area contributed by atoms with E-state index in [2.05, 4.69) is 15.3 Å². The monoisotopic (exact) mass is 445 g/mol. The lowest BCUT2D eigenvalue weighted by Gasteiger charge is -2.27. The van der Waals surface area contributed by atoms with Gasteiger partial charge in [0.25, 0.3) is 0 Å². The Morgan fingerprint density at radius 3 is 2.81 bits per heavy atom. The first kappa shape index (κ1) is 23.5. The normalized spacial score (nSPS) is 18.2. The minimum absolute atomic E-state index is 0.128. The number of hydrogen-bond acceptors (Lipinski definition) is 7. The summed E-state index contributed by atoms with van der Waals surface area (Å²) < 4.78 is 12.8. The lowest BCUT2D eigenvalue weighted by Crippen LogP contribution is -2.29. The molecule has 2 heterocycles. The molecule has 2 atom stereocenters. The summed E-state index contributed by atoms with van der Waals surface area (Å²) in [5, 5.41) is 17.5. The van der Waals surface area contributed by atoms with Gasteiger partial charge in [-0.1, -0.05) is 18.6 Å². The second-order valence-corrected chi connectivity index (χ2v) is 8.15. The van der Waals surface area contributed by atoms with Crippen molar-refractivity contribution in [3.05, 3.63) is 24.0 Å². The summed E-state index contributed by atoms with van der Waals surface area (Å²) >= 11 is 0. The van der Waals surface area contributed by atoms with E-state index in [9.17, 15) is 14.7 Å². The summed E-state index contributed by atoms with van der Waals surface area (Å²) in [6.45, 7) is 2.71. The van der Waals surface area contributed by atoms with Gasteiger partial charge in [-0.2, -0.15) is 0 Å². The zero-order valence-electron chi connectivity index (χ0n) is 18.9. The van der Waals surface area contributed by atoms with Gasteiger partial charge in [0.05, 0.1) is 42.8 Å². The lowest BCUT2D eigenvalue weighted by molar-refractivity contribution is -0.143. The maximum absolute atomic E-state index is 12.2. The number of aromatic nitrogens is 4. The van der Waals surface area contributed by atoms with E-state index in [0.717, 1.165) is 31.4 Å². The van der Waals surface area contributed by atoms with Gasteiger partial charge in [-0.3, -0.25) is 9.78 Å². The highest BCUT2D eigenvalue weighted by Gasteiger charge is 2.28. The number of pyridine rings is 1. The van der Waals surface area contributed by atoms with Crippen LogP contribution in [-0.2, 0) is 23.1 Å². The maximum atomic E-state index is 12.2. The average molecular weight is 446 g/mol. The van der Waals surface area contributed by atoms with E-state index in [-0.39, 0.29) is 18.6 Å². The highest BCUT2D eigenvalue weighted by atomic mass is 16.6. The van der Waals surface area contributed by atoms with Crippen molar-refractivity contribution in [2.45, 2.75) is 58.1 Å². The van der Waals surface area contributed by atoms with Gasteiger partial charge in [0.1, 0.15) is 11.4 Å². The van der Waals surface area contributed by atoms with E-state index >= 15 is 0 Å². The Bertz CT molecular complexity index is 914. The largest absolute Gasteiger partial charge is 0.489 e. The first-order valence-corrected chi connectivity index (χ1v) is 11.0. The van der Waals surface area contributed by atoms with Crippen LogP contribution in [0, 0.1) is 5.92 Å². The van der Waals surface area contributed by atoms with Crippen LogP contribution in [-0.4, -0.2) is 61.8 Å². The Morgan fingerprint density at radius 1 is 1.31 bits per heavy atom. The fourth-order valence-electron chi connectivity index (χ4n) is 3.72. The number of carboxylic acid groups (broad SMARTS) is 1. The molecule has 2 aromatic heterocycles. The summed E-state index contributed by atoms with van der Waals surface area (Å²) in [4.78, 5) is 29.4. The Labute approximate surface area is 187 Å². The smallest absolute Gasteiger partial charge is 0.409 e. The van der Waals surface area contributed by atoms with Crippen molar-refractivity contribution in [2.24, 2.45) is 13.0 Å². The van der Waals surface area contributed by atoms with E-state index in [1.54, 1.807) is 37.1 Å². The van der Waals surface area contributed by atoms with Crippen molar-refractivity contribution >= 4 is 12.1 Å². The summed E-state index contributed by atoms with van der Waals surface area (Å²) in [5.41, 5.74) is 1.92. The quantitative estimate of drug-likeness (QED) is 0.584. The molecule has 0 saturated heterocycles. The number of nitrogens with zero attached hydrogens (tertiary/aromatic N) is 5. The summed E-state index contributed by atoms with van der Waals surface area (Å²) in [6, 6.07) is 3.59. The van der Waals surface area contributed by atoms with Gasteiger partial charge in [-0.25, -0.2) is 9.48 Å². The molecular formula is C22H31N5O5. The zero-order valence-corrected chi connectivity index (χ0v) is 18.9. The number of ether oxygens (including phenoxy) is 2. The highest BCUT2D eigenvalue weighted by molar-refractivity contribution is 5.70. The van der Waals surface area contributed by atoms with Crippen LogP contribution in [0.15, 0.2) is 18.3 Å². The Morgan fingerprint density at radius 2 is 2.12 bits per heavy atom. The van der Waals surface area contributed by atoms with Gasteiger partial charge >= 0.3 is 12.1 Å². The Balaban J connectivity index is 1.65. The van der Waals surface area contributed by atoms with E-state index in [1.165, 1.54) is 4.90 Å². The van der Waals surface area contributed by atoms with Gasteiger partial charge in [0.15, 0.2) is 0 Å². The molecule has 1 aliphatic carbocycles. The van der Waals surface area contributed by atoms with Crippen molar-refractivity contribution in [1.29, 1.82) is 0 Å². The number of carbonyl (C=O) groups excluding carboxylic acids is 1. The minimum Gasteiger partial charge on any atom is -0.489 e. The molecule has 0 aromatic carbocycles. The van der Waals surface area contributed by atoms with Gasteiger partial charge in [0.2, 0.25) is 0 Å². The number of rotatable bonds is 9. The van der Waals surface area contributed by atoms with Crippen molar-refractivity contribution < 1.29 is 24.2 Å². The number of amides is 1. The SMILES string of the molecule is CCCCOC(=O)N(C)Cc1c(-c2ccc(O[C@H]3CCC[C@H](C(=O)O)C3)cn2)nnn1C. The molecule has 0 spiro atoms. The topological polar surface area (TPSA) is 120 Å².